The maximum Gasteiger partial charge on any atom is 0.323 e. The quantitative estimate of drug-likeness (QED) is 0.640. The Morgan fingerprint density at radius 2 is 1.77 bits per heavy atom. The van der Waals surface area contributed by atoms with Gasteiger partial charge in [0.2, 0.25) is 5.91 Å². The smallest absolute Gasteiger partial charge is 0.323 e. The topological polar surface area (TPSA) is 70.7 Å². The minimum atomic E-state index is -0.343. The van der Waals surface area contributed by atoms with Gasteiger partial charge >= 0.3 is 5.97 Å². The van der Waals surface area contributed by atoms with Crippen LogP contribution in [0.3, 0.4) is 0 Å². The van der Waals surface area contributed by atoms with Crippen LogP contribution in [0.15, 0.2) is 54.6 Å². The van der Waals surface area contributed by atoms with Crippen LogP contribution in [0.5, 0.6) is 0 Å². The second kappa shape index (κ2) is 9.96. The average molecular weight is 422 g/mol. The number of amides is 1. The Morgan fingerprint density at radius 1 is 1.03 bits per heavy atom. The van der Waals surface area contributed by atoms with Crippen molar-refractivity contribution < 1.29 is 14.3 Å². The van der Waals surface area contributed by atoms with Crippen LogP contribution in [-0.4, -0.2) is 44.2 Å². The number of hydrogen-bond acceptors (Lipinski definition) is 5. The Balaban J connectivity index is 1.32. The first-order valence-corrected chi connectivity index (χ1v) is 11.2. The predicted molar refractivity (Wildman–Crippen MR) is 122 cm³/mol. The normalized spacial score (nSPS) is 17.8. The highest BCUT2D eigenvalue weighted by molar-refractivity contribution is 5.94. The molecule has 1 aliphatic heterocycles. The summed E-state index contributed by atoms with van der Waals surface area (Å²) in [4.78, 5) is 26.7. The number of esters is 1. The van der Waals surface area contributed by atoms with E-state index in [1.165, 1.54) is 7.11 Å². The molecule has 0 radical (unpaired) electrons. The fraction of sp³-hybridized carbons (Fsp3) is 0.440. The molecule has 1 saturated heterocycles. The number of ether oxygens (including phenoxy) is 1. The number of nitrogens with one attached hydrogen (secondary N) is 2. The third-order valence-corrected chi connectivity index (χ3v) is 6.13. The number of carbonyl (C=O) groups is 2. The van der Waals surface area contributed by atoms with Crippen molar-refractivity contribution >= 4 is 23.3 Å². The minimum absolute atomic E-state index is 0.132. The van der Waals surface area contributed by atoms with Gasteiger partial charge in [-0.05, 0) is 55.9 Å². The van der Waals surface area contributed by atoms with E-state index in [9.17, 15) is 9.59 Å². The monoisotopic (exact) mass is 421 g/mol. The number of benzene rings is 2. The lowest BCUT2D eigenvalue weighted by Gasteiger charge is -2.35. The Labute approximate surface area is 184 Å². The van der Waals surface area contributed by atoms with Crippen molar-refractivity contribution in [2.45, 2.75) is 44.2 Å². The first-order valence-electron chi connectivity index (χ1n) is 11.2. The Bertz CT molecular complexity index is 890. The molecule has 0 bridgehead atoms. The van der Waals surface area contributed by atoms with Crippen molar-refractivity contribution in [3.8, 4) is 0 Å². The SMILES string of the molecule is COC(=O)[C@H](Cc1ccccc1)NC1CCN(c2cccc(NC(=O)C3CC3)c2)CC1. The number of carbonyl (C=O) groups excluding carboxylic acids is 2. The van der Waals surface area contributed by atoms with Gasteiger partial charge < -0.3 is 20.3 Å². The third kappa shape index (κ3) is 5.85. The van der Waals surface area contributed by atoms with Crippen LogP contribution in [0.25, 0.3) is 0 Å². The standard InChI is InChI=1S/C25H31N3O3/c1-31-25(30)23(16-18-6-3-2-4-7-18)26-20-12-14-28(15-13-20)22-9-5-8-21(17-22)27-24(29)19-10-11-19/h2-9,17,19-20,23,26H,10-16H2,1H3,(H,27,29)/t23-/m0/s1. The Kier molecular flexibility index (Phi) is 6.87. The summed E-state index contributed by atoms with van der Waals surface area (Å²) >= 11 is 0. The summed E-state index contributed by atoms with van der Waals surface area (Å²) in [6.07, 6.45) is 4.52. The number of hydrogen-bond donors (Lipinski definition) is 2. The maximum atomic E-state index is 12.3. The largest absolute Gasteiger partial charge is 0.468 e. The van der Waals surface area contributed by atoms with Gasteiger partial charge in [-0.2, -0.15) is 0 Å². The van der Waals surface area contributed by atoms with E-state index >= 15 is 0 Å². The zero-order valence-electron chi connectivity index (χ0n) is 18.0. The Hall–Kier alpha value is -2.86. The fourth-order valence-corrected chi connectivity index (χ4v) is 4.16. The summed E-state index contributed by atoms with van der Waals surface area (Å²) in [6.45, 7) is 1.80. The van der Waals surface area contributed by atoms with Gasteiger partial charge in [0.15, 0.2) is 0 Å². The maximum absolute atomic E-state index is 12.3. The van der Waals surface area contributed by atoms with Crippen molar-refractivity contribution in [1.29, 1.82) is 0 Å². The second-order valence-corrected chi connectivity index (χ2v) is 8.51. The van der Waals surface area contributed by atoms with Crippen LogP contribution in [0, 0.1) is 5.92 Å². The predicted octanol–water partition coefficient (Wildman–Crippen LogP) is 3.38. The zero-order chi connectivity index (χ0) is 21.6. The van der Waals surface area contributed by atoms with E-state index in [4.69, 9.17) is 4.74 Å². The van der Waals surface area contributed by atoms with E-state index in [1.807, 2.05) is 42.5 Å². The molecule has 0 unspecified atom stereocenters. The van der Waals surface area contributed by atoms with Crippen molar-refractivity contribution in [3.63, 3.8) is 0 Å². The summed E-state index contributed by atoms with van der Waals surface area (Å²) in [5.74, 6) is 0.113. The van der Waals surface area contributed by atoms with Crippen molar-refractivity contribution in [2.75, 3.05) is 30.4 Å². The first kappa shape index (κ1) is 21.4. The molecule has 1 aliphatic carbocycles. The molecule has 1 saturated carbocycles. The van der Waals surface area contributed by atoms with Gasteiger partial charge in [-0.25, -0.2) is 0 Å². The van der Waals surface area contributed by atoms with E-state index < -0.39 is 0 Å². The molecule has 2 aromatic carbocycles. The molecule has 2 aromatic rings. The number of rotatable bonds is 8. The van der Waals surface area contributed by atoms with Crippen LogP contribution < -0.4 is 15.5 Å². The highest BCUT2D eigenvalue weighted by Gasteiger charge is 2.30. The molecule has 2 fully saturated rings. The van der Waals surface area contributed by atoms with Gasteiger partial charge in [0, 0.05) is 36.4 Å². The van der Waals surface area contributed by atoms with Crippen LogP contribution >= 0.6 is 0 Å². The summed E-state index contributed by atoms with van der Waals surface area (Å²) in [6, 6.07) is 18.0. The highest BCUT2D eigenvalue weighted by atomic mass is 16.5. The molecule has 31 heavy (non-hydrogen) atoms. The minimum Gasteiger partial charge on any atom is -0.468 e. The molecule has 1 atom stereocenters. The lowest BCUT2D eigenvalue weighted by Crippen LogP contribution is -2.50. The molecule has 1 amide bonds. The molecule has 0 spiro atoms. The van der Waals surface area contributed by atoms with Crippen LogP contribution in [-0.2, 0) is 20.7 Å². The van der Waals surface area contributed by atoms with E-state index in [2.05, 4.69) is 27.7 Å². The van der Waals surface area contributed by atoms with E-state index in [0.29, 0.717) is 6.42 Å². The molecule has 4 rings (SSSR count). The van der Waals surface area contributed by atoms with Gasteiger partial charge in [-0.15, -0.1) is 0 Å². The van der Waals surface area contributed by atoms with Gasteiger partial charge in [0.1, 0.15) is 6.04 Å². The van der Waals surface area contributed by atoms with Crippen LogP contribution in [0.2, 0.25) is 0 Å². The molecule has 6 heteroatoms. The molecule has 2 N–H and O–H groups in total. The van der Waals surface area contributed by atoms with E-state index in [-0.39, 0.29) is 29.9 Å². The lowest BCUT2D eigenvalue weighted by atomic mass is 10.00. The number of piperidine rings is 1. The lowest BCUT2D eigenvalue weighted by molar-refractivity contribution is -0.143. The van der Waals surface area contributed by atoms with E-state index in [0.717, 1.165) is 55.7 Å². The van der Waals surface area contributed by atoms with Gasteiger partial charge in [-0.1, -0.05) is 36.4 Å². The van der Waals surface area contributed by atoms with Gasteiger partial charge in [0.05, 0.1) is 7.11 Å². The first-order chi connectivity index (χ1) is 15.1. The number of anilines is 2. The molecular weight excluding hydrogens is 390 g/mol. The van der Waals surface area contributed by atoms with Crippen molar-refractivity contribution in [3.05, 3.63) is 60.2 Å². The van der Waals surface area contributed by atoms with Crippen LogP contribution in [0.4, 0.5) is 11.4 Å². The summed E-state index contributed by atoms with van der Waals surface area (Å²) < 4.78 is 5.04. The molecule has 6 nitrogen and oxygen atoms in total. The summed E-state index contributed by atoms with van der Waals surface area (Å²) in [5, 5.41) is 6.56. The summed E-state index contributed by atoms with van der Waals surface area (Å²) in [5.41, 5.74) is 3.11. The van der Waals surface area contributed by atoms with Crippen molar-refractivity contribution in [2.24, 2.45) is 5.92 Å². The second-order valence-electron chi connectivity index (χ2n) is 8.51. The fourth-order valence-electron chi connectivity index (χ4n) is 4.16. The molecule has 1 heterocycles. The molecule has 164 valence electrons. The molecular formula is C25H31N3O3. The average Bonchev–Trinajstić information content (AvgIpc) is 3.65. The van der Waals surface area contributed by atoms with Gasteiger partial charge in [-0.3, -0.25) is 9.59 Å². The van der Waals surface area contributed by atoms with Crippen LogP contribution in [0.1, 0.15) is 31.2 Å². The van der Waals surface area contributed by atoms with Crippen molar-refractivity contribution in [1.82, 2.24) is 5.32 Å². The Morgan fingerprint density at radius 3 is 2.45 bits per heavy atom. The molecule has 0 aromatic heterocycles. The zero-order valence-corrected chi connectivity index (χ0v) is 18.0. The number of nitrogens with zero attached hydrogens (tertiary/aromatic N) is 1. The summed E-state index contributed by atoms with van der Waals surface area (Å²) in [7, 11) is 1.44. The van der Waals surface area contributed by atoms with E-state index in [1.54, 1.807) is 0 Å². The van der Waals surface area contributed by atoms with Gasteiger partial charge in [0.25, 0.3) is 0 Å². The number of methoxy groups -OCH3 is 1. The third-order valence-electron chi connectivity index (χ3n) is 6.13. The molecule has 2 aliphatic rings. The highest BCUT2D eigenvalue weighted by Crippen LogP contribution is 2.31.